The Balaban J connectivity index is 2.11. The number of rotatable bonds is 1. The van der Waals surface area contributed by atoms with E-state index in [1.165, 1.54) is 0 Å². The van der Waals surface area contributed by atoms with Crippen molar-refractivity contribution in [2.75, 3.05) is 0 Å². The molecule has 0 fully saturated rings. The molecule has 0 bridgehead atoms. The SMILES string of the molecule is O=c1[nH]nc2n1[C@H](c1cnccn1)CC2. The summed E-state index contributed by atoms with van der Waals surface area (Å²) < 4.78 is 1.66. The molecule has 1 aliphatic heterocycles. The molecule has 0 amide bonds. The molecule has 1 N–H and O–H groups in total. The highest BCUT2D eigenvalue weighted by Gasteiger charge is 2.27. The Morgan fingerprint density at radius 1 is 1.47 bits per heavy atom. The van der Waals surface area contributed by atoms with Gasteiger partial charge in [0.1, 0.15) is 5.82 Å². The molecule has 1 atom stereocenters. The van der Waals surface area contributed by atoms with Crippen LogP contribution in [0.2, 0.25) is 0 Å². The maximum absolute atomic E-state index is 11.5. The van der Waals surface area contributed by atoms with E-state index in [-0.39, 0.29) is 11.7 Å². The molecule has 76 valence electrons. The number of aryl methyl sites for hydroxylation is 1. The van der Waals surface area contributed by atoms with Crippen molar-refractivity contribution < 1.29 is 0 Å². The molecule has 2 aromatic rings. The molecule has 15 heavy (non-hydrogen) atoms. The van der Waals surface area contributed by atoms with Crippen LogP contribution in [0.1, 0.15) is 24.0 Å². The first-order valence-electron chi connectivity index (χ1n) is 4.78. The zero-order chi connectivity index (χ0) is 10.3. The van der Waals surface area contributed by atoms with E-state index in [9.17, 15) is 4.79 Å². The summed E-state index contributed by atoms with van der Waals surface area (Å²) in [6, 6.07) is -0.0139. The van der Waals surface area contributed by atoms with Crippen LogP contribution in [0.25, 0.3) is 0 Å². The molecule has 0 unspecified atom stereocenters. The molecule has 1 aliphatic rings. The van der Waals surface area contributed by atoms with Gasteiger partial charge < -0.3 is 0 Å². The van der Waals surface area contributed by atoms with Gasteiger partial charge in [0.2, 0.25) is 0 Å². The van der Waals surface area contributed by atoms with Gasteiger partial charge in [0.05, 0.1) is 17.9 Å². The van der Waals surface area contributed by atoms with Crippen molar-refractivity contribution in [1.29, 1.82) is 0 Å². The first-order chi connectivity index (χ1) is 7.36. The predicted molar refractivity (Wildman–Crippen MR) is 51.3 cm³/mol. The number of H-pyrrole nitrogens is 1. The van der Waals surface area contributed by atoms with Crippen LogP contribution >= 0.6 is 0 Å². The van der Waals surface area contributed by atoms with Gasteiger partial charge in [0.15, 0.2) is 0 Å². The minimum absolute atomic E-state index is 0.0139. The summed E-state index contributed by atoms with van der Waals surface area (Å²) in [5.74, 6) is 0.802. The molecule has 6 heteroatoms. The zero-order valence-electron chi connectivity index (χ0n) is 7.92. The molecule has 0 saturated heterocycles. The number of nitrogens with zero attached hydrogens (tertiary/aromatic N) is 4. The Morgan fingerprint density at radius 2 is 2.40 bits per heavy atom. The molecule has 0 aromatic carbocycles. The third kappa shape index (κ3) is 1.18. The molecular formula is C9H9N5O. The first-order valence-corrected chi connectivity index (χ1v) is 4.78. The number of nitrogens with one attached hydrogen (secondary N) is 1. The molecular weight excluding hydrogens is 194 g/mol. The summed E-state index contributed by atoms with van der Waals surface area (Å²) in [4.78, 5) is 19.7. The minimum atomic E-state index is -0.168. The molecule has 3 rings (SSSR count). The summed E-state index contributed by atoms with van der Waals surface area (Å²) >= 11 is 0. The van der Waals surface area contributed by atoms with Crippen LogP contribution in [0.3, 0.4) is 0 Å². The fourth-order valence-corrected chi connectivity index (χ4v) is 1.99. The summed E-state index contributed by atoms with van der Waals surface area (Å²) in [7, 11) is 0. The fraction of sp³-hybridized carbons (Fsp3) is 0.333. The van der Waals surface area contributed by atoms with Crippen LogP contribution < -0.4 is 5.69 Å². The molecule has 3 heterocycles. The maximum atomic E-state index is 11.5. The molecule has 0 aliphatic carbocycles. The Morgan fingerprint density at radius 3 is 3.20 bits per heavy atom. The Bertz CT molecular complexity index is 529. The van der Waals surface area contributed by atoms with E-state index >= 15 is 0 Å². The lowest BCUT2D eigenvalue weighted by molar-refractivity contribution is 0.579. The molecule has 6 nitrogen and oxygen atoms in total. The van der Waals surface area contributed by atoms with E-state index in [2.05, 4.69) is 20.2 Å². The van der Waals surface area contributed by atoms with Crippen molar-refractivity contribution >= 4 is 0 Å². The maximum Gasteiger partial charge on any atom is 0.343 e. The highest BCUT2D eigenvalue weighted by Crippen LogP contribution is 2.26. The standard InChI is InChI=1S/C9H9N5O/c15-9-13-12-8-2-1-7(14(8)9)6-5-10-3-4-11-6/h3-5,7H,1-2H2,(H,13,15)/t7-/m0/s1. The van der Waals surface area contributed by atoms with Gasteiger partial charge in [0.25, 0.3) is 0 Å². The van der Waals surface area contributed by atoms with Gasteiger partial charge >= 0.3 is 5.69 Å². The van der Waals surface area contributed by atoms with Crippen molar-refractivity contribution in [2.45, 2.75) is 18.9 Å². The molecule has 0 radical (unpaired) electrons. The Hall–Kier alpha value is -1.98. The first kappa shape index (κ1) is 8.34. The van der Waals surface area contributed by atoms with E-state index in [0.717, 1.165) is 24.4 Å². The second-order valence-corrected chi connectivity index (χ2v) is 3.50. The summed E-state index contributed by atoms with van der Waals surface area (Å²) in [6.45, 7) is 0. The molecule has 0 saturated carbocycles. The summed E-state index contributed by atoms with van der Waals surface area (Å²) in [5.41, 5.74) is 0.651. The van der Waals surface area contributed by atoms with Crippen molar-refractivity contribution in [3.05, 3.63) is 40.6 Å². The van der Waals surface area contributed by atoms with Crippen LogP contribution in [-0.4, -0.2) is 24.7 Å². The van der Waals surface area contributed by atoms with E-state index in [1.807, 2.05) is 0 Å². The lowest BCUT2D eigenvalue weighted by Gasteiger charge is -2.09. The van der Waals surface area contributed by atoms with Gasteiger partial charge in [-0.1, -0.05) is 0 Å². The fourth-order valence-electron chi connectivity index (χ4n) is 1.99. The summed E-state index contributed by atoms with van der Waals surface area (Å²) in [6.07, 6.45) is 6.63. The van der Waals surface area contributed by atoms with Crippen molar-refractivity contribution in [3.63, 3.8) is 0 Å². The lowest BCUT2D eigenvalue weighted by Crippen LogP contribution is -2.21. The Labute approximate surface area is 85.0 Å². The van der Waals surface area contributed by atoms with Crippen LogP contribution in [-0.2, 0) is 6.42 Å². The van der Waals surface area contributed by atoms with Crippen LogP contribution in [0, 0.1) is 0 Å². The second-order valence-electron chi connectivity index (χ2n) is 3.50. The lowest BCUT2D eigenvalue weighted by atomic mass is 10.1. The third-order valence-corrected chi connectivity index (χ3v) is 2.66. The topological polar surface area (TPSA) is 76.5 Å². The largest absolute Gasteiger partial charge is 0.343 e. The van der Waals surface area contributed by atoms with Gasteiger partial charge in [-0.3, -0.25) is 14.5 Å². The van der Waals surface area contributed by atoms with Crippen molar-refractivity contribution in [1.82, 2.24) is 24.7 Å². The van der Waals surface area contributed by atoms with E-state index < -0.39 is 0 Å². The van der Waals surface area contributed by atoms with Gasteiger partial charge in [-0.2, -0.15) is 5.10 Å². The van der Waals surface area contributed by atoms with E-state index in [1.54, 1.807) is 23.2 Å². The van der Waals surface area contributed by atoms with Gasteiger partial charge in [-0.15, -0.1) is 0 Å². The number of aromatic amines is 1. The summed E-state index contributed by atoms with van der Waals surface area (Å²) in [5, 5.41) is 6.40. The predicted octanol–water partition coefficient (Wildman–Crippen LogP) is -0.103. The minimum Gasteiger partial charge on any atom is -0.270 e. The van der Waals surface area contributed by atoms with Crippen LogP contribution in [0.4, 0.5) is 0 Å². The quantitative estimate of drug-likeness (QED) is 0.702. The number of hydrogen-bond acceptors (Lipinski definition) is 4. The zero-order valence-corrected chi connectivity index (χ0v) is 7.92. The van der Waals surface area contributed by atoms with Gasteiger partial charge in [-0.25, -0.2) is 9.89 Å². The van der Waals surface area contributed by atoms with Crippen LogP contribution in [0.15, 0.2) is 23.4 Å². The highest BCUT2D eigenvalue weighted by atomic mass is 16.1. The number of fused-ring (bicyclic) bond motifs is 1. The van der Waals surface area contributed by atoms with E-state index in [0.29, 0.717) is 0 Å². The number of hydrogen-bond donors (Lipinski definition) is 1. The monoisotopic (exact) mass is 203 g/mol. The van der Waals surface area contributed by atoms with Crippen molar-refractivity contribution in [2.24, 2.45) is 0 Å². The van der Waals surface area contributed by atoms with E-state index in [4.69, 9.17) is 0 Å². The third-order valence-electron chi connectivity index (χ3n) is 2.66. The van der Waals surface area contributed by atoms with Crippen LogP contribution in [0.5, 0.6) is 0 Å². The Kier molecular flexibility index (Phi) is 1.67. The average molecular weight is 203 g/mol. The molecule has 0 spiro atoms. The van der Waals surface area contributed by atoms with Crippen molar-refractivity contribution in [3.8, 4) is 0 Å². The smallest absolute Gasteiger partial charge is 0.270 e. The normalized spacial score (nSPS) is 19.1. The van der Waals surface area contributed by atoms with Gasteiger partial charge in [0, 0.05) is 18.8 Å². The second kappa shape index (κ2) is 3.01. The number of aromatic nitrogens is 5. The average Bonchev–Trinajstić information content (AvgIpc) is 2.84. The molecule has 2 aromatic heterocycles. The van der Waals surface area contributed by atoms with Gasteiger partial charge in [-0.05, 0) is 6.42 Å². The highest BCUT2D eigenvalue weighted by molar-refractivity contribution is 5.11.